The van der Waals surface area contributed by atoms with E-state index in [1.807, 2.05) is 6.07 Å². The van der Waals surface area contributed by atoms with Crippen molar-refractivity contribution in [3.05, 3.63) is 35.1 Å². The minimum atomic E-state index is -0.213. The molecule has 1 aliphatic carbocycles. The maximum atomic E-state index is 14.1. The molecule has 1 fully saturated rings. The zero-order valence-electron chi connectivity index (χ0n) is 12.9. The zero-order valence-corrected chi connectivity index (χ0v) is 12.9. The molecule has 114 valence electrons. The standard InChI is InChI=1S/C18H24FNO/c1-14-5-3-7-17(11-14)20(2)13-16-9-8-15(6-4-10-21)12-18(16)19/h8-9,12,14,17,21H,3,5,7,10-11,13H2,1-2H3. The molecule has 0 aromatic heterocycles. The van der Waals surface area contributed by atoms with Crippen molar-refractivity contribution in [2.24, 2.45) is 5.92 Å². The van der Waals surface area contributed by atoms with Crippen molar-refractivity contribution in [1.29, 1.82) is 0 Å². The maximum Gasteiger partial charge on any atom is 0.128 e. The third-order valence-corrected chi connectivity index (χ3v) is 4.32. The van der Waals surface area contributed by atoms with E-state index in [1.165, 1.54) is 31.7 Å². The molecule has 0 heterocycles. The molecule has 1 N–H and O–H groups in total. The van der Waals surface area contributed by atoms with Gasteiger partial charge in [0.05, 0.1) is 0 Å². The minimum Gasteiger partial charge on any atom is -0.384 e. The first kappa shape index (κ1) is 16.0. The predicted octanol–water partition coefficient (Wildman–Crippen LogP) is 3.18. The van der Waals surface area contributed by atoms with Crippen LogP contribution in [0.3, 0.4) is 0 Å². The van der Waals surface area contributed by atoms with Crippen molar-refractivity contribution in [3.8, 4) is 11.8 Å². The van der Waals surface area contributed by atoms with Gasteiger partial charge in [-0.2, -0.15) is 0 Å². The van der Waals surface area contributed by atoms with Crippen LogP contribution in [0.4, 0.5) is 4.39 Å². The highest BCUT2D eigenvalue weighted by atomic mass is 19.1. The number of hydrogen-bond acceptors (Lipinski definition) is 2. The molecule has 1 aliphatic rings. The van der Waals surface area contributed by atoms with Crippen molar-refractivity contribution in [2.45, 2.75) is 45.2 Å². The van der Waals surface area contributed by atoms with Gasteiger partial charge in [-0.3, -0.25) is 4.90 Å². The highest BCUT2D eigenvalue weighted by Crippen LogP contribution is 2.27. The Labute approximate surface area is 127 Å². The third kappa shape index (κ3) is 4.56. The second kappa shape index (κ2) is 7.59. The van der Waals surface area contributed by atoms with Crippen LogP contribution in [0.1, 0.15) is 43.7 Å². The highest BCUT2D eigenvalue weighted by Gasteiger charge is 2.22. The number of aliphatic hydroxyl groups is 1. The zero-order chi connectivity index (χ0) is 15.2. The Balaban J connectivity index is 2.01. The molecule has 21 heavy (non-hydrogen) atoms. The minimum absolute atomic E-state index is 0.202. The third-order valence-electron chi connectivity index (χ3n) is 4.32. The van der Waals surface area contributed by atoms with Crippen molar-refractivity contribution >= 4 is 0 Å². The summed E-state index contributed by atoms with van der Waals surface area (Å²) in [5, 5.41) is 8.66. The normalized spacial score (nSPS) is 22.0. The van der Waals surface area contributed by atoms with Gasteiger partial charge in [-0.15, -0.1) is 0 Å². The van der Waals surface area contributed by atoms with Crippen molar-refractivity contribution in [1.82, 2.24) is 4.90 Å². The van der Waals surface area contributed by atoms with Crippen LogP contribution in [-0.4, -0.2) is 29.7 Å². The molecule has 0 saturated heterocycles. The number of hydrogen-bond donors (Lipinski definition) is 1. The average molecular weight is 289 g/mol. The van der Waals surface area contributed by atoms with E-state index in [9.17, 15) is 4.39 Å². The molecule has 0 spiro atoms. The molecule has 3 heteroatoms. The van der Waals surface area contributed by atoms with E-state index in [2.05, 4.69) is 30.7 Å². The average Bonchev–Trinajstić information content (AvgIpc) is 2.47. The molecule has 0 bridgehead atoms. The molecule has 1 saturated carbocycles. The van der Waals surface area contributed by atoms with Gasteiger partial charge in [-0.25, -0.2) is 4.39 Å². The SMILES string of the molecule is CC1CCCC(N(C)Cc2ccc(C#CCO)cc2F)C1. The van der Waals surface area contributed by atoms with Gasteiger partial charge in [0, 0.05) is 23.7 Å². The summed E-state index contributed by atoms with van der Waals surface area (Å²) < 4.78 is 14.1. The summed E-state index contributed by atoms with van der Waals surface area (Å²) in [5.74, 6) is 5.83. The van der Waals surface area contributed by atoms with Gasteiger partial charge in [0.1, 0.15) is 12.4 Å². The fourth-order valence-corrected chi connectivity index (χ4v) is 3.10. The molecule has 2 atom stereocenters. The molecular weight excluding hydrogens is 265 g/mol. The molecule has 0 amide bonds. The van der Waals surface area contributed by atoms with Crippen LogP contribution in [-0.2, 0) is 6.54 Å². The van der Waals surface area contributed by atoms with E-state index in [0.717, 1.165) is 5.92 Å². The Morgan fingerprint density at radius 2 is 2.19 bits per heavy atom. The smallest absolute Gasteiger partial charge is 0.128 e. The van der Waals surface area contributed by atoms with E-state index in [-0.39, 0.29) is 12.4 Å². The summed E-state index contributed by atoms with van der Waals surface area (Å²) in [6.07, 6.45) is 5.01. The van der Waals surface area contributed by atoms with Gasteiger partial charge in [0.15, 0.2) is 0 Å². The van der Waals surface area contributed by atoms with Crippen LogP contribution in [0.25, 0.3) is 0 Å². The largest absolute Gasteiger partial charge is 0.384 e. The fraction of sp³-hybridized carbons (Fsp3) is 0.556. The van der Waals surface area contributed by atoms with Crippen LogP contribution >= 0.6 is 0 Å². The summed E-state index contributed by atoms with van der Waals surface area (Å²) >= 11 is 0. The van der Waals surface area contributed by atoms with Crippen LogP contribution < -0.4 is 0 Å². The maximum absolute atomic E-state index is 14.1. The topological polar surface area (TPSA) is 23.5 Å². The molecule has 0 radical (unpaired) electrons. The summed E-state index contributed by atoms with van der Waals surface area (Å²) in [6, 6.07) is 5.63. The first-order valence-electron chi connectivity index (χ1n) is 7.68. The van der Waals surface area contributed by atoms with Gasteiger partial charge in [0.25, 0.3) is 0 Å². The molecular formula is C18H24FNO. The lowest BCUT2D eigenvalue weighted by molar-refractivity contribution is 0.156. The van der Waals surface area contributed by atoms with Crippen molar-refractivity contribution < 1.29 is 9.50 Å². The molecule has 1 aromatic carbocycles. The molecule has 2 unspecified atom stereocenters. The quantitative estimate of drug-likeness (QED) is 0.864. The summed E-state index contributed by atoms with van der Waals surface area (Å²) in [4.78, 5) is 2.27. The lowest BCUT2D eigenvalue weighted by atomic mass is 9.86. The van der Waals surface area contributed by atoms with Crippen LogP contribution in [0.2, 0.25) is 0 Å². The predicted molar refractivity (Wildman–Crippen MR) is 83.3 cm³/mol. The van der Waals surface area contributed by atoms with E-state index < -0.39 is 0 Å². The number of rotatable bonds is 3. The van der Waals surface area contributed by atoms with Crippen LogP contribution in [0.15, 0.2) is 18.2 Å². The van der Waals surface area contributed by atoms with E-state index in [4.69, 9.17) is 5.11 Å². The Bertz CT molecular complexity index is 532. The monoisotopic (exact) mass is 289 g/mol. The Hall–Kier alpha value is -1.37. The van der Waals surface area contributed by atoms with Gasteiger partial charge >= 0.3 is 0 Å². The fourth-order valence-electron chi connectivity index (χ4n) is 3.10. The number of halogens is 1. The Kier molecular flexibility index (Phi) is 5.78. The van der Waals surface area contributed by atoms with Gasteiger partial charge in [-0.1, -0.05) is 37.7 Å². The molecule has 2 rings (SSSR count). The molecule has 2 nitrogen and oxygen atoms in total. The van der Waals surface area contributed by atoms with Gasteiger partial charge < -0.3 is 5.11 Å². The first-order valence-corrected chi connectivity index (χ1v) is 7.68. The van der Waals surface area contributed by atoms with Crippen molar-refractivity contribution in [2.75, 3.05) is 13.7 Å². The number of aliphatic hydroxyl groups excluding tert-OH is 1. The van der Waals surface area contributed by atoms with Crippen molar-refractivity contribution in [3.63, 3.8) is 0 Å². The molecule has 1 aromatic rings. The van der Waals surface area contributed by atoms with E-state index in [0.29, 0.717) is 23.7 Å². The number of benzene rings is 1. The van der Waals surface area contributed by atoms with Crippen LogP contribution in [0.5, 0.6) is 0 Å². The lowest BCUT2D eigenvalue weighted by Crippen LogP contribution is -2.35. The second-order valence-electron chi connectivity index (χ2n) is 6.11. The van der Waals surface area contributed by atoms with E-state index in [1.54, 1.807) is 6.07 Å². The lowest BCUT2D eigenvalue weighted by Gasteiger charge is -2.34. The Morgan fingerprint density at radius 1 is 1.38 bits per heavy atom. The van der Waals surface area contributed by atoms with Gasteiger partial charge in [-0.05, 0) is 37.9 Å². The summed E-state index contributed by atoms with van der Waals surface area (Å²) in [6.45, 7) is 2.73. The van der Waals surface area contributed by atoms with Crippen LogP contribution in [0, 0.1) is 23.6 Å². The van der Waals surface area contributed by atoms with Gasteiger partial charge in [0.2, 0.25) is 0 Å². The summed E-state index contributed by atoms with van der Waals surface area (Å²) in [5.41, 5.74) is 1.32. The summed E-state index contributed by atoms with van der Waals surface area (Å²) in [7, 11) is 2.08. The highest BCUT2D eigenvalue weighted by molar-refractivity contribution is 5.37. The second-order valence-corrected chi connectivity index (χ2v) is 6.11. The Morgan fingerprint density at radius 3 is 2.86 bits per heavy atom. The first-order chi connectivity index (χ1) is 10.1. The number of nitrogens with zero attached hydrogens (tertiary/aromatic N) is 1. The molecule has 0 aliphatic heterocycles. The van der Waals surface area contributed by atoms with E-state index >= 15 is 0 Å².